The lowest BCUT2D eigenvalue weighted by Gasteiger charge is -2.12. The summed E-state index contributed by atoms with van der Waals surface area (Å²) in [6.07, 6.45) is 3.60. The predicted octanol–water partition coefficient (Wildman–Crippen LogP) is 3.66. The number of pyridine rings is 2. The van der Waals surface area contributed by atoms with Crippen LogP contribution in [0.4, 0.5) is 5.82 Å². The molecule has 0 amide bonds. The summed E-state index contributed by atoms with van der Waals surface area (Å²) >= 11 is 6.17. The summed E-state index contributed by atoms with van der Waals surface area (Å²) < 4.78 is 1.98. The summed E-state index contributed by atoms with van der Waals surface area (Å²) in [7, 11) is 0. The Morgan fingerprint density at radius 2 is 2.00 bits per heavy atom. The first kappa shape index (κ1) is 16.2. The molecule has 6 nitrogen and oxygen atoms in total. The van der Waals surface area contributed by atoms with Crippen molar-refractivity contribution < 1.29 is 0 Å². The average molecular weight is 377 g/mol. The molecular formula is C20H17ClN6. The van der Waals surface area contributed by atoms with Crippen LogP contribution in [-0.2, 0) is 6.42 Å². The van der Waals surface area contributed by atoms with Crippen molar-refractivity contribution in [3.8, 4) is 17.1 Å². The van der Waals surface area contributed by atoms with Crippen LogP contribution < -0.4 is 11.5 Å². The molecule has 0 aliphatic heterocycles. The zero-order chi connectivity index (χ0) is 18.5. The molecular weight excluding hydrogens is 360 g/mol. The van der Waals surface area contributed by atoms with E-state index in [1.165, 1.54) is 11.1 Å². The van der Waals surface area contributed by atoms with Crippen molar-refractivity contribution in [1.29, 1.82) is 0 Å². The third-order valence-electron chi connectivity index (χ3n) is 5.06. The van der Waals surface area contributed by atoms with E-state index in [1.807, 2.05) is 28.8 Å². The Morgan fingerprint density at radius 3 is 2.85 bits per heavy atom. The minimum absolute atomic E-state index is 0.106. The van der Waals surface area contributed by atoms with Gasteiger partial charge in [0.15, 0.2) is 11.5 Å². The number of nitrogens with zero attached hydrogens (tertiary/aromatic N) is 4. The van der Waals surface area contributed by atoms with Gasteiger partial charge in [0.2, 0.25) is 0 Å². The van der Waals surface area contributed by atoms with Gasteiger partial charge in [0.25, 0.3) is 0 Å². The second-order valence-electron chi connectivity index (χ2n) is 6.71. The van der Waals surface area contributed by atoms with Crippen molar-refractivity contribution in [2.75, 3.05) is 5.73 Å². The first-order chi connectivity index (χ1) is 13.1. The number of hydrogen-bond acceptors (Lipinski definition) is 5. The summed E-state index contributed by atoms with van der Waals surface area (Å²) in [5, 5.41) is 0.414. The van der Waals surface area contributed by atoms with Crippen LogP contribution in [0.5, 0.6) is 0 Å². The van der Waals surface area contributed by atoms with Crippen LogP contribution in [0.1, 0.15) is 23.6 Å². The molecule has 0 bridgehead atoms. The average Bonchev–Trinajstić information content (AvgIpc) is 3.22. The molecule has 0 saturated heterocycles. The van der Waals surface area contributed by atoms with Crippen molar-refractivity contribution in [2.45, 2.75) is 18.9 Å². The number of hydrogen-bond donors (Lipinski definition) is 2. The highest BCUT2D eigenvalue weighted by Crippen LogP contribution is 2.34. The molecule has 1 aliphatic carbocycles. The van der Waals surface area contributed by atoms with Crippen molar-refractivity contribution >= 4 is 28.6 Å². The molecule has 7 heteroatoms. The SMILES string of the molecule is Nc1ncccc1-c1nc2ccc(Cl)nc2n1-c1ccc2c(c1)CC[C@@H]2N. The maximum atomic E-state index is 6.19. The summed E-state index contributed by atoms with van der Waals surface area (Å²) in [5.74, 6) is 1.11. The van der Waals surface area contributed by atoms with Crippen LogP contribution in [-0.4, -0.2) is 19.5 Å². The van der Waals surface area contributed by atoms with Gasteiger partial charge in [-0.3, -0.25) is 4.57 Å². The lowest BCUT2D eigenvalue weighted by Crippen LogP contribution is -2.06. The number of fused-ring (bicyclic) bond motifs is 2. The number of nitrogens with two attached hydrogens (primary N) is 2. The monoisotopic (exact) mass is 376 g/mol. The van der Waals surface area contributed by atoms with Crippen molar-refractivity contribution in [2.24, 2.45) is 5.73 Å². The Hall–Kier alpha value is -2.96. The number of imidazole rings is 1. The third kappa shape index (κ3) is 2.57. The first-order valence-corrected chi connectivity index (χ1v) is 9.14. The quantitative estimate of drug-likeness (QED) is 0.520. The van der Waals surface area contributed by atoms with Crippen LogP contribution in [0.3, 0.4) is 0 Å². The van der Waals surface area contributed by atoms with E-state index in [9.17, 15) is 0 Å². The van der Waals surface area contributed by atoms with E-state index in [2.05, 4.69) is 22.1 Å². The standard InChI is InChI=1S/C20H17ClN6/c21-17-8-7-16-20(26-17)27(19(25-16)14-2-1-9-24-18(14)23)12-4-5-13-11(10-12)3-6-15(13)22/h1-2,4-5,7-10,15H,3,6,22H2,(H2,23,24)/t15-/m0/s1. The normalized spacial score (nSPS) is 16.0. The predicted molar refractivity (Wildman–Crippen MR) is 107 cm³/mol. The van der Waals surface area contributed by atoms with Gasteiger partial charge < -0.3 is 11.5 Å². The highest BCUT2D eigenvalue weighted by Gasteiger charge is 2.22. The third-order valence-corrected chi connectivity index (χ3v) is 5.27. The van der Waals surface area contributed by atoms with Crippen LogP contribution in [0, 0.1) is 0 Å². The maximum Gasteiger partial charge on any atom is 0.166 e. The summed E-state index contributed by atoms with van der Waals surface area (Å²) in [6.45, 7) is 0. The molecule has 1 aliphatic rings. The van der Waals surface area contributed by atoms with Crippen molar-refractivity contribution in [1.82, 2.24) is 19.5 Å². The fourth-order valence-corrected chi connectivity index (χ4v) is 3.89. The molecule has 0 saturated carbocycles. The fourth-order valence-electron chi connectivity index (χ4n) is 3.74. The summed E-state index contributed by atoms with van der Waals surface area (Å²) in [5.41, 5.74) is 17.9. The molecule has 0 unspecified atom stereocenters. The zero-order valence-corrected chi connectivity index (χ0v) is 15.2. The van der Waals surface area contributed by atoms with E-state index >= 15 is 0 Å². The van der Waals surface area contributed by atoms with Gasteiger partial charge in [-0.15, -0.1) is 0 Å². The van der Waals surface area contributed by atoms with E-state index in [0.717, 1.165) is 29.6 Å². The Morgan fingerprint density at radius 1 is 1.11 bits per heavy atom. The molecule has 1 aromatic carbocycles. The van der Waals surface area contributed by atoms with Crippen LogP contribution >= 0.6 is 11.6 Å². The minimum atomic E-state index is 0.106. The Balaban J connectivity index is 1.81. The number of halogens is 1. The largest absolute Gasteiger partial charge is 0.383 e. The molecule has 4 N–H and O–H groups in total. The Kier molecular flexibility index (Phi) is 3.63. The molecule has 3 aromatic heterocycles. The van der Waals surface area contributed by atoms with Gasteiger partial charge in [-0.1, -0.05) is 17.7 Å². The van der Waals surface area contributed by atoms with Crippen molar-refractivity contribution in [3.05, 3.63) is 64.9 Å². The van der Waals surface area contributed by atoms with Crippen LogP contribution in [0.2, 0.25) is 5.15 Å². The van der Waals surface area contributed by atoms with Gasteiger partial charge in [-0.05, 0) is 60.4 Å². The molecule has 134 valence electrons. The molecule has 0 spiro atoms. The minimum Gasteiger partial charge on any atom is -0.383 e. The fraction of sp³-hybridized carbons (Fsp3) is 0.150. The van der Waals surface area contributed by atoms with Crippen LogP contribution in [0.25, 0.3) is 28.2 Å². The smallest absolute Gasteiger partial charge is 0.166 e. The maximum absolute atomic E-state index is 6.19. The number of aromatic nitrogens is 4. The highest BCUT2D eigenvalue weighted by atomic mass is 35.5. The molecule has 0 radical (unpaired) electrons. The molecule has 4 aromatic rings. The van der Waals surface area contributed by atoms with Gasteiger partial charge in [-0.2, -0.15) is 0 Å². The highest BCUT2D eigenvalue weighted by molar-refractivity contribution is 6.29. The van der Waals surface area contributed by atoms with Gasteiger partial charge in [-0.25, -0.2) is 15.0 Å². The zero-order valence-electron chi connectivity index (χ0n) is 14.4. The van der Waals surface area contributed by atoms with E-state index in [4.69, 9.17) is 28.1 Å². The second-order valence-corrected chi connectivity index (χ2v) is 7.10. The Bertz CT molecular complexity index is 1180. The second kappa shape index (κ2) is 6.04. The molecule has 1 atom stereocenters. The molecule has 3 heterocycles. The molecule has 27 heavy (non-hydrogen) atoms. The number of benzene rings is 1. The molecule has 0 fully saturated rings. The first-order valence-electron chi connectivity index (χ1n) is 8.76. The number of rotatable bonds is 2. The number of aryl methyl sites for hydroxylation is 1. The number of nitrogen functional groups attached to an aromatic ring is 1. The number of anilines is 1. The van der Waals surface area contributed by atoms with Crippen LogP contribution in [0.15, 0.2) is 48.7 Å². The lowest BCUT2D eigenvalue weighted by atomic mass is 10.1. The van der Waals surface area contributed by atoms with E-state index < -0.39 is 0 Å². The van der Waals surface area contributed by atoms with E-state index in [1.54, 1.807) is 12.3 Å². The molecule has 5 rings (SSSR count). The van der Waals surface area contributed by atoms with Gasteiger partial charge in [0, 0.05) is 17.9 Å². The Labute approximate surface area is 160 Å². The van der Waals surface area contributed by atoms with Gasteiger partial charge in [0.05, 0.1) is 5.56 Å². The lowest BCUT2D eigenvalue weighted by molar-refractivity contribution is 0.713. The van der Waals surface area contributed by atoms with Crippen molar-refractivity contribution in [3.63, 3.8) is 0 Å². The van der Waals surface area contributed by atoms with Gasteiger partial charge >= 0.3 is 0 Å². The van der Waals surface area contributed by atoms with Gasteiger partial charge in [0.1, 0.15) is 16.5 Å². The summed E-state index contributed by atoms with van der Waals surface area (Å²) in [4.78, 5) is 13.5. The van der Waals surface area contributed by atoms with E-state index in [0.29, 0.717) is 22.4 Å². The topological polar surface area (TPSA) is 95.6 Å². The summed E-state index contributed by atoms with van der Waals surface area (Å²) in [6, 6.07) is 13.7. The van der Waals surface area contributed by atoms with E-state index in [-0.39, 0.29) is 6.04 Å².